The van der Waals surface area contributed by atoms with E-state index in [1.165, 1.54) is 12.1 Å². The van der Waals surface area contributed by atoms with Crippen molar-refractivity contribution in [1.82, 2.24) is 10.0 Å². The zero-order valence-electron chi connectivity index (χ0n) is 13.3. The minimum absolute atomic E-state index is 0.0474. The summed E-state index contributed by atoms with van der Waals surface area (Å²) in [5, 5.41) is 4.69. The molecule has 1 aromatic carbocycles. The van der Waals surface area contributed by atoms with E-state index in [9.17, 15) is 13.2 Å². The lowest BCUT2D eigenvalue weighted by Crippen LogP contribution is -2.30. The Bertz CT molecular complexity index is 741. The molecular weight excluding hydrogens is 348 g/mol. The number of carbonyl (C=O) groups excluding carboxylic acids is 1. The molecule has 0 radical (unpaired) electrons. The predicted molar refractivity (Wildman–Crippen MR) is 93.6 cm³/mol. The molecule has 0 saturated carbocycles. The van der Waals surface area contributed by atoms with Gasteiger partial charge in [-0.25, -0.2) is 13.1 Å². The zero-order chi connectivity index (χ0) is 17.4. The van der Waals surface area contributed by atoms with Crippen molar-refractivity contribution < 1.29 is 17.9 Å². The summed E-state index contributed by atoms with van der Waals surface area (Å²) in [6.07, 6.45) is 0.0850. The molecule has 0 aliphatic carbocycles. The maximum absolute atomic E-state index is 12.1. The second-order valence-corrected chi connectivity index (χ2v) is 7.71. The minimum atomic E-state index is -3.63. The molecule has 0 aliphatic rings. The van der Waals surface area contributed by atoms with Crippen LogP contribution in [0.1, 0.15) is 18.2 Å². The Morgan fingerprint density at radius 2 is 1.96 bits per heavy atom. The molecule has 1 aromatic heterocycles. The average molecular weight is 368 g/mol. The molecule has 0 fully saturated rings. The van der Waals surface area contributed by atoms with Gasteiger partial charge in [-0.05, 0) is 42.6 Å². The van der Waals surface area contributed by atoms with Crippen LogP contribution in [0.15, 0.2) is 46.7 Å². The van der Waals surface area contributed by atoms with Gasteiger partial charge in [0.25, 0.3) is 0 Å². The third-order valence-corrected chi connectivity index (χ3v) is 5.48. The second-order valence-electron chi connectivity index (χ2n) is 4.91. The van der Waals surface area contributed by atoms with Gasteiger partial charge in [0.05, 0.1) is 18.0 Å². The first kappa shape index (κ1) is 18.4. The molecule has 1 heterocycles. The molecule has 0 spiro atoms. The minimum Gasteiger partial charge on any atom is -0.494 e. The van der Waals surface area contributed by atoms with Crippen LogP contribution in [-0.2, 0) is 21.4 Å². The van der Waals surface area contributed by atoms with E-state index in [1.54, 1.807) is 23.5 Å². The summed E-state index contributed by atoms with van der Waals surface area (Å²) >= 11 is 1.56. The number of hydrogen-bond donors (Lipinski definition) is 2. The van der Waals surface area contributed by atoms with Crippen molar-refractivity contribution in [3.05, 3.63) is 46.7 Å². The molecule has 24 heavy (non-hydrogen) atoms. The van der Waals surface area contributed by atoms with Gasteiger partial charge in [-0.15, -0.1) is 11.3 Å². The van der Waals surface area contributed by atoms with Crippen molar-refractivity contribution >= 4 is 27.3 Å². The quantitative estimate of drug-likeness (QED) is 0.710. The highest BCUT2D eigenvalue weighted by Crippen LogP contribution is 2.15. The van der Waals surface area contributed by atoms with Crippen LogP contribution in [-0.4, -0.2) is 27.5 Å². The molecule has 130 valence electrons. The van der Waals surface area contributed by atoms with Gasteiger partial charge in [-0.2, -0.15) is 0 Å². The first-order chi connectivity index (χ1) is 11.5. The Labute approximate surface area is 145 Å². The number of benzene rings is 1. The van der Waals surface area contributed by atoms with Crippen molar-refractivity contribution in [3.63, 3.8) is 0 Å². The maximum Gasteiger partial charge on any atom is 0.240 e. The lowest BCUT2D eigenvalue weighted by Gasteiger charge is -2.08. The Morgan fingerprint density at radius 3 is 2.58 bits per heavy atom. The second kappa shape index (κ2) is 8.81. The molecule has 0 atom stereocenters. The Hall–Kier alpha value is -1.90. The largest absolute Gasteiger partial charge is 0.494 e. The van der Waals surface area contributed by atoms with E-state index in [0.717, 1.165) is 4.88 Å². The number of carbonyl (C=O) groups is 1. The normalized spacial score (nSPS) is 11.2. The highest BCUT2D eigenvalue weighted by atomic mass is 32.2. The van der Waals surface area contributed by atoms with Crippen LogP contribution in [0, 0.1) is 0 Å². The molecule has 1 amide bonds. The lowest BCUT2D eigenvalue weighted by molar-refractivity contribution is -0.121. The molecule has 2 aromatic rings. The maximum atomic E-state index is 12.1. The summed E-state index contributed by atoms with van der Waals surface area (Å²) in [5.74, 6) is 0.419. The van der Waals surface area contributed by atoms with E-state index in [2.05, 4.69) is 10.0 Å². The van der Waals surface area contributed by atoms with Crippen LogP contribution in [0.25, 0.3) is 0 Å². The van der Waals surface area contributed by atoms with Gasteiger partial charge < -0.3 is 10.1 Å². The number of sulfonamides is 1. The van der Waals surface area contributed by atoms with E-state index >= 15 is 0 Å². The van der Waals surface area contributed by atoms with Gasteiger partial charge >= 0.3 is 0 Å². The van der Waals surface area contributed by atoms with Gasteiger partial charge in [-0.1, -0.05) is 6.07 Å². The van der Waals surface area contributed by atoms with Crippen molar-refractivity contribution in [2.24, 2.45) is 0 Å². The number of amides is 1. The molecule has 0 unspecified atom stereocenters. The zero-order valence-corrected chi connectivity index (χ0v) is 15.0. The van der Waals surface area contributed by atoms with Crippen LogP contribution in [0.5, 0.6) is 5.75 Å². The van der Waals surface area contributed by atoms with Crippen molar-refractivity contribution in [2.45, 2.75) is 24.8 Å². The van der Waals surface area contributed by atoms with Gasteiger partial charge in [0.15, 0.2) is 0 Å². The molecule has 8 heteroatoms. The predicted octanol–water partition coefficient (Wildman–Crippen LogP) is 2.13. The smallest absolute Gasteiger partial charge is 0.240 e. The summed E-state index contributed by atoms with van der Waals surface area (Å²) in [6, 6.07) is 10.0. The van der Waals surface area contributed by atoms with Crippen LogP contribution >= 0.6 is 11.3 Å². The summed E-state index contributed by atoms with van der Waals surface area (Å²) in [5.41, 5.74) is 0. The number of thiophene rings is 1. The fraction of sp³-hybridized carbons (Fsp3) is 0.312. The van der Waals surface area contributed by atoms with Crippen LogP contribution < -0.4 is 14.8 Å². The fourth-order valence-electron chi connectivity index (χ4n) is 1.95. The number of ether oxygens (including phenoxy) is 1. The van der Waals surface area contributed by atoms with Gasteiger partial charge in [0.2, 0.25) is 15.9 Å². The van der Waals surface area contributed by atoms with E-state index in [0.29, 0.717) is 18.9 Å². The Balaban J connectivity index is 1.78. The summed E-state index contributed by atoms with van der Waals surface area (Å²) in [7, 11) is -3.63. The molecule has 2 N–H and O–H groups in total. The summed E-state index contributed by atoms with van der Waals surface area (Å²) in [6.45, 7) is 2.88. The molecule has 0 aliphatic heterocycles. The number of rotatable bonds is 9. The number of hydrogen-bond acceptors (Lipinski definition) is 5. The van der Waals surface area contributed by atoms with Crippen molar-refractivity contribution in [1.29, 1.82) is 0 Å². The summed E-state index contributed by atoms with van der Waals surface area (Å²) in [4.78, 5) is 12.9. The first-order valence-corrected chi connectivity index (χ1v) is 9.89. The van der Waals surface area contributed by atoms with Crippen LogP contribution in [0.3, 0.4) is 0 Å². The SMILES string of the molecule is CCOc1ccc(S(=O)(=O)NCCC(=O)NCc2cccs2)cc1. The first-order valence-electron chi connectivity index (χ1n) is 7.53. The molecule has 0 saturated heterocycles. The van der Waals surface area contributed by atoms with Crippen molar-refractivity contribution in [3.8, 4) is 5.75 Å². The van der Waals surface area contributed by atoms with Crippen LogP contribution in [0.2, 0.25) is 0 Å². The Morgan fingerprint density at radius 1 is 1.21 bits per heavy atom. The molecule has 6 nitrogen and oxygen atoms in total. The average Bonchev–Trinajstić information content (AvgIpc) is 3.07. The topological polar surface area (TPSA) is 84.5 Å². The Kier molecular flexibility index (Phi) is 6.77. The monoisotopic (exact) mass is 368 g/mol. The van der Waals surface area contributed by atoms with Gasteiger partial charge in [0, 0.05) is 17.8 Å². The highest BCUT2D eigenvalue weighted by Gasteiger charge is 2.14. The van der Waals surface area contributed by atoms with E-state index in [1.807, 2.05) is 24.4 Å². The van der Waals surface area contributed by atoms with Gasteiger partial charge in [-0.3, -0.25) is 4.79 Å². The molecule has 2 rings (SSSR count). The molecule has 0 bridgehead atoms. The third kappa shape index (κ3) is 5.63. The fourth-order valence-corrected chi connectivity index (χ4v) is 3.63. The molecular formula is C16H20N2O4S2. The third-order valence-electron chi connectivity index (χ3n) is 3.13. The van der Waals surface area contributed by atoms with E-state index in [4.69, 9.17) is 4.74 Å². The van der Waals surface area contributed by atoms with Gasteiger partial charge in [0.1, 0.15) is 5.75 Å². The van der Waals surface area contributed by atoms with Crippen molar-refractivity contribution in [2.75, 3.05) is 13.2 Å². The lowest BCUT2D eigenvalue weighted by atomic mass is 10.3. The number of nitrogens with one attached hydrogen (secondary N) is 2. The van der Waals surface area contributed by atoms with Crippen LogP contribution in [0.4, 0.5) is 0 Å². The van der Waals surface area contributed by atoms with E-state index in [-0.39, 0.29) is 23.8 Å². The summed E-state index contributed by atoms with van der Waals surface area (Å²) < 4.78 is 32.0. The van der Waals surface area contributed by atoms with E-state index < -0.39 is 10.0 Å². The standard InChI is InChI=1S/C16H20N2O4S2/c1-2-22-13-5-7-15(8-6-13)24(20,21)18-10-9-16(19)17-12-14-4-3-11-23-14/h3-8,11,18H,2,9-10,12H2,1H3,(H,17,19). The highest BCUT2D eigenvalue weighted by molar-refractivity contribution is 7.89.